The summed E-state index contributed by atoms with van der Waals surface area (Å²) in [4.78, 5) is 25.1. The Balaban J connectivity index is 2.05. The Kier molecular flexibility index (Phi) is 5.85. The van der Waals surface area contributed by atoms with Gasteiger partial charge in [-0.05, 0) is 12.1 Å². The molecule has 3 N–H and O–H groups in total. The van der Waals surface area contributed by atoms with Crippen LogP contribution in [0.3, 0.4) is 0 Å². The van der Waals surface area contributed by atoms with E-state index in [1.807, 2.05) is 0 Å². The van der Waals surface area contributed by atoms with Crippen molar-refractivity contribution >= 4 is 11.8 Å². The number of nitrogens with zero attached hydrogens (tertiary/aromatic N) is 1. The molecule has 7 nitrogen and oxygen atoms in total. The summed E-state index contributed by atoms with van der Waals surface area (Å²) in [6.45, 7) is -0.979. The number of alkyl halides is 3. The van der Waals surface area contributed by atoms with E-state index >= 15 is 0 Å². The normalized spacial score (nSPS) is 25.4. The van der Waals surface area contributed by atoms with Gasteiger partial charge in [-0.3, -0.25) is 9.59 Å². The van der Waals surface area contributed by atoms with Crippen LogP contribution in [-0.4, -0.2) is 71.0 Å². The largest absolute Gasteiger partial charge is 0.486 e. The topological polar surface area (TPSA) is 99.1 Å². The van der Waals surface area contributed by atoms with E-state index in [1.165, 1.54) is 6.08 Å². The van der Waals surface area contributed by atoms with Crippen molar-refractivity contribution in [2.45, 2.75) is 37.3 Å². The molecule has 4 atom stereocenters. The molecule has 1 aliphatic carbocycles. The standard InChI is InChI=1S/C19H21F3N2O5/c1-10(26)24(9-19(20,21)22)13-8-12(18(28)23-6-7-25)15-11-4-2-3-5-14(11)29-17(15)16(13)27/h2-5,8,13,15-17,25,27H,6-7,9H2,1H3,(H,23,28)/t13-,15+,16+,17+/m1/s1. The SMILES string of the molecule is CC(=O)N(CC(F)(F)F)[C@@H]1C=C(C(=O)NCCO)[C@@H]2c3ccccc3O[C@@H]2[C@H]1O. The number of amides is 2. The monoisotopic (exact) mass is 414 g/mol. The molecule has 3 rings (SSSR count). The molecule has 0 unspecified atom stereocenters. The number of aliphatic hydroxyl groups is 2. The number of nitrogens with one attached hydrogen (secondary N) is 1. The summed E-state index contributed by atoms with van der Waals surface area (Å²) in [5.74, 6) is -1.81. The molecule has 0 fully saturated rings. The Morgan fingerprint density at radius 3 is 2.59 bits per heavy atom. The maximum Gasteiger partial charge on any atom is 0.406 e. The van der Waals surface area contributed by atoms with Crippen LogP contribution in [0.2, 0.25) is 0 Å². The van der Waals surface area contributed by atoms with Crippen molar-refractivity contribution in [2.24, 2.45) is 0 Å². The second-order valence-corrected chi connectivity index (χ2v) is 6.94. The highest BCUT2D eigenvalue weighted by Gasteiger charge is 2.51. The number of halogens is 3. The van der Waals surface area contributed by atoms with Gasteiger partial charge in [0.2, 0.25) is 11.8 Å². The highest BCUT2D eigenvalue weighted by atomic mass is 19.4. The third-order valence-electron chi connectivity index (χ3n) is 4.99. The van der Waals surface area contributed by atoms with E-state index in [0.717, 1.165) is 6.92 Å². The molecule has 0 spiro atoms. The Morgan fingerprint density at radius 1 is 1.28 bits per heavy atom. The summed E-state index contributed by atoms with van der Waals surface area (Å²) in [6, 6.07) is 5.36. The van der Waals surface area contributed by atoms with Crippen LogP contribution in [0.15, 0.2) is 35.9 Å². The van der Waals surface area contributed by atoms with E-state index in [0.29, 0.717) is 16.2 Å². The Hall–Kier alpha value is -2.59. The zero-order valence-corrected chi connectivity index (χ0v) is 15.5. The molecule has 0 aromatic heterocycles. The van der Waals surface area contributed by atoms with Gasteiger partial charge < -0.3 is 25.2 Å². The fraction of sp³-hybridized carbons (Fsp3) is 0.474. The van der Waals surface area contributed by atoms with Gasteiger partial charge in [0, 0.05) is 24.6 Å². The molecule has 0 saturated carbocycles. The zero-order valence-electron chi connectivity index (χ0n) is 15.5. The number of benzene rings is 1. The Bertz CT molecular complexity index is 826. The molecule has 2 aliphatic rings. The molecule has 0 saturated heterocycles. The highest BCUT2D eigenvalue weighted by Crippen LogP contribution is 2.47. The molecule has 158 valence electrons. The number of carbonyl (C=O) groups is 2. The van der Waals surface area contributed by atoms with Crippen LogP contribution < -0.4 is 10.1 Å². The number of carbonyl (C=O) groups excluding carboxylic acids is 2. The van der Waals surface area contributed by atoms with E-state index < -0.39 is 48.7 Å². The lowest BCUT2D eigenvalue weighted by Gasteiger charge is -2.40. The van der Waals surface area contributed by atoms with Crippen LogP contribution in [0, 0.1) is 0 Å². The third kappa shape index (κ3) is 4.23. The fourth-order valence-corrected chi connectivity index (χ4v) is 3.81. The van der Waals surface area contributed by atoms with Gasteiger partial charge in [0.1, 0.15) is 24.5 Å². The lowest BCUT2D eigenvalue weighted by Crippen LogP contribution is -2.57. The first-order valence-corrected chi connectivity index (χ1v) is 9.02. The summed E-state index contributed by atoms with van der Waals surface area (Å²) in [5, 5.41) is 22.2. The second kappa shape index (κ2) is 8.03. The molecule has 0 bridgehead atoms. The Labute approximate surface area is 164 Å². The highest BCUT2D eigenvalue weighted by molar-refractivity contribution is 5.96. The van der Waals surface area contributed by atoms with Crippen LogP contribution in [0.4, 0.5) is 13.2 Å². The molecule has 2 amide bonds. The van der Waals surface area contributed by atoms with Gasteiger partial charge in [-0.15, -0.1) is 0 Å². The number of aliphatic hydroxyl groups excluding tert-OH is 2. The molecular formula is C19H21F3N2O5. The average molecular weight is 414 g/mol. The first-order valence-electron chi connectivity index (χ1n) is 9.02. The van der Waals surface area contributed by atoms with Crippen molar-refractivity contribution in [3.05, 3.63) is 41.5 Å². The molecule has 1 aromatic carbocycles. The van der Waals surface area contributed by atoms with Crippen molar-refractivity contribution in [2.75, 3.05) is 19.7 Å². The minimum Gasteiger partial charge on any atom is -0.486 e. The van der Waals surface area contributed by atoms with Crippen LogP contribution in [0.1, 0.15) is 18.4 Å². The molecule has 10 heteroatoms. The van der Waals surface area contributed by atoms with E-state index in [2.05, 4.69) is 5.32 Å². The van der Waals surface area contributed by atoms with Gasteiger partial charge in [0.05, 0.1) is 18.6 Å². The van der Waals surface area contributed by atoms with Crippen molar-refractivity contribution in [3.63, 3.8) is 0 Å². The first-order chi connectivity index (χ1) is 13.6. The number of hydrogen-bond acceptors (Lipinski definition) is 5. The zero-order chi connectivity index (χ0) is 21.3. The van der Waals surface area contributed by atoms with Crippen molar-refractivity contribution < 1.29 is 37.7 Å². The summed E-state index contributed by atoms with van der Waals surface area (Å²) in [7, 11) is 0. The minimum atomic E-state index is -4.69. The van der Waals surface area contributed by atoms with Crippen LogP contribution in [0.5, 0.6) is 5.75 Å². The number of para-hydroxylation sites is 1. The van der Waals surface area contributed by atoms with Gasteiger partial charge >= 0.3 is 6.18 Å². The van der Waals surface area contributed by atoms with Crippen molar-refractivity contribution in [1.29, 1.82) is 0 Å². The summed E-state index contributed by atoms with van der Waals surface area (Å²) < 4.78 is 44.8. The van der Waals surface area contributed by atoms with Gasteiger partial charge in [-0.2, -0.15) is 13.2 Å². The average Bonchev–Trinajstić information content (AvgIpc) is 3.04. The van der Waals surface area contributed by atoms with Crippen molar-refractivity contribution in [1.82, 2.24) is 10.2 Å². The van der Waals surface area contributed by atoms with Crippen LogP contribution in [0.25, 0.3) is 0 Å². The molecular weight excluding hydrogens is 393 g/mol. The quantitative estimate of drug-likeness (QED) is 0.660. The number of rotatable bonds is 5. The molecule has 1 aromatic rings. The van der Waals surface area contributed by atoms with E-state index in [9.17, 15) is 27.9 Å². The van der Waals surface area contributed by atoms with E-state index in [1.54, 1.807) is 24.3 Å². The van der Waals surface area contributed by atoms with Gasteiger partial charge in [-0.25, -0.2) is 0 Å². The van der Waals surface area contributed by atoms with Gasteiger partial charge in [-0.1, -0.05) is 18.2 Å². The van der Waals surface area contributed by atoms with E-state index in [-0.39, 0.29) is 18.7 Å². The van der Waals surface area contributed by atoms with Gasteiger partial charge in [0.25, 0.3) is 0 Å². The third-order valence-corrected chi connectivity index (χ3v) is 4.99. The van der Waals surface area contributed by atoms with E-state index in [4.69, 9.17) is 9.84 Å². The van der Waals surface area contributed by atoms with Crippen LogP contribution >= 0.6 is 0 Å². The number of hydrogen-bond donors (Lipinski definition) is 3. The smallest absolute Gasteiger partial charge is 0.406 e. The van der Waals surface area contributed by atoms with Crippen LogP contribution in [-0.2, 0) is 9.59 Å². The predicted octanol–water partition coefficient (Wildman–Crippen LogP) is 0.720. The predicted molar refractivity (Wildman–Crippen MR) is 95.0 cm³/mol. The molecule has 1 aliphatic heterocycles. The summed E-state index contributed by atoms with van der Waals surface area (Å²) >= 11 is 0. The fourth-order valence-electron chi connectivity index (χ4n) is 3.81. The maximum atomic E-state index is 13.0. The molecule has 1 heterocycles. The first kappa shape index (κ1) is 21.1. The maximum absolute atomic E-state index is 13.0. The molecule has 29 heavy (non-hydrogen) atoms. The summed E-state index contributed by atoms with van der Waals surface area (Å²) in [5.41, 5.74) is 0.697. The number of fused-ring (bicyclic) bond motifs is 3. The minimum absolute atomic E-state index is 0.0533. The second-order valence-electron chi connectivity index (χ2n) is 6.94. The lowest BCUT2D eigenvalue weighted by atomic mass is 9.77. The summed E-state index contributed by atoms with van der Waals surface area (Å²) in [6.07, 6.45) is -6.01. The van der Waals surface area contributed by atoms with Crippen molar-refractivity contribution in [3.8, 4) is 5.75 Å². The lowest BCUT2D eigenvalue weighted by molar-refractivity contribution is -0.168. The molecule has 0 radical (unpaired) electrons. The Morgan fingerprint density at radius 2 is 1.97 bits per heavy atom. The van der Waals surface area contributed by atoms with Gasteiger partial charge in [0.15, 0.2) is 0 Å². The number of ether oxygens (including phenoxy) is 1.